The van der Waals surface area contributed by atoms with Crippen molar-refractivity contribution in [2.24, 2.45) is 0 Å². The molecule has 0 aromatic heterocycles. The van der Waals surface area contributed by atoms with E-state index < -0.39 is 11.9 Å². The highest BCUT2D eigenvalue weighted by molar-refractivity contribution is 6.30. The summed E-state index contributed by atoms with van der Waals surface area (Å²) in [6.07, 6.45) is 1.38. The SMILES string of the molecule is O=C(O)C(=Cc1cccc(OCc2cccc(Cl)c2)c1)NC(=O)c1ccccc1. The normalized spacial score (nSPS) is 11.0. The predicted molar refractivity (Wildman–Crippen MR) is 112 cm³/mol. The van der Waals surface area contributed by atoms with E-state index in [1.165, 1.54) is 6.08 Å². The zero-order chi connectivity index (χ0) is 20.6. The third kappa shape index (κ3) is 5.96. The Balaban J connectivity index is 1.73. The van der Waals surface area contributed by atoms with E-state index in [9.17, 15) is 14.7 Å². The average molecular weight is 408 g/mol. The summed E-state index contributed by atoms with van der Waals surface area (Å²) in [5.74, 6) is -1.16. The second-order valence-electron chi connectivity index (χ2n) is 6.17. The molecule has 0 spiro atoms. The molecule has 0 unspecified atom stereocenters. The van der Waals surface area contributed by atoms with Crippen LogP contribution in [0.5, 0.6) is 5.75 Å². The van der Waals surface area contributed by atoms with Gasteiger partial charge < -0.3 is 15.2 Å². The van der Waals surface area contributed by atoms with Crippen molar-refractivity contribution < 1.29 is 19.4 Å². The highest BCUT2D eigenvalue weighted by Crippen LogP contribution is 2.18. The summed E-state index contributed by atoms with van der Waals surface area (Å²) in [5, 5.41) is 12.5. The number of amides is 1. The zero-order valence-electron chi connectivity index (χ0n) is 15.3. The van der Waals surface area contributed by atoms with Gasteiger partial charge in [-0.2, -0.15) is 0 Å². The zero-order valence-corrected chi connectivity index (χ0v) is 16.1. The number of carboxylic acids is 1. The lowest BCUT2D eigenvalue weighted by Gasteiger charge is -2.09. The maximum Gasteiger partial charge on any atom is 0.352 e. The molecule has 0 fully saturated rings. The summed E-state index contributed by atoms with van der Waals surface area (Å²) in [5.41, 5.74) is 1.64. The first-order valence-electron chi connectivity index (χ1n) is 8.80. The van der Waals surface area contributed by atoms with Gasteiger partial charge in [-0.3, -0.25) is 4.79 Å². The summed E-state index contributed by atoms with van der Waals surface area (Å²) in [7, 11) is 0. The molecule has 1 amide bonds. The van der Waals surface area contributed by atoms with Gasteiger partial charge in [0.1, 0.15) is 18.1 Å². The minimum Gasteiger partial charge on any atom is -0.489 e. The molecular weight excluding hydrogens is 390 g/mol. The second-order valence-corrected chi connectivity index (χ2v) is 6.61. The number of hydrogen-bond donors (Lipinski definition) is 2. The number of carbonyl (C=O) groups is 2. The summed E-state index contributed by atoms with van der Waals surface area (Å²) >= 11 is 5.97. The highest BCUT2D eigenvalue weighted by Gasteiger charge is 2.13. The van der Waals surface area contributed by atoms with Crippen molar-refractivity contribution in [1.82, 2.24) is 5.32 Å². The smallest absolute Gasteiger partial charge is 0.352 e. The lowest BCUT2D eigenvalue weighted by atomic mass is 10.1. The van der Waals surface area contributed by atoms with Crippen molar-refractivity contribution in [3.8, 4) is 5.75 Å². The average Bonchev–Trinajstić information content (AvgIpc) is 2.72. The van der Waals surface area contributed by atoms with Crippen LogP contribution in [0.15, 0.2) is 84.6 Å². The van der Waals surface area contributed by atoms with Crippen molar-refractivity contribution in [3.05, 3.63) is 106 Å². The van der Waals surface area contributed by atoms with Crippen LogP contribution < -0.4 is 10.1 Å². The first-order valence-corrected chi connectivity index (χ1v) is 9.18. The molecule has 0 heterocycles. The van der Waals surface area contributed by atoms with Gasteiger partial charge in [-0.15, -0.1) is 0 Å². The molecule has 3 aromatic rings. The van der Waals surface area contributed by atoms with E-state index in [0.717, 1.165) is 5.56 Å². The van der Waals surface area contributed by atoms with Crippen LogP contribution in [0.4, 0.5) is 0 Å². The van der Waals surface area contributed by atoms with Crippen LogP contribution in [0.3, 0.4) is 0 Å². The minimum absolute atomic E-state index is 0.231. The number of rotatable bonds is 7. The van der Waals surface area contributed by atoms with Gasteiger partial charge in [-0.25, -0.2) is 4.79 Å². The van der Waals surface area contributed by atoms with Crippen molar-refractivity contribution >= 4 is 29.6 Å². The Bertz CT molecular complexity index is 1050. The fourth-order valence-electron chi connectivity index (χ4n) is 2.59. The van der Waals surface area contributed by atoms with Crippen LogP contribution in [-0.2, 0) is 11.4 Å². The number of ether oxygens (including phenoxy) is 1. The Morgan fingerprint density at radius 1 is 0.966 bits per heavy atom. The topological polar surface area (TPSA) is 75.6 Å². The van der Waals surface area contributed by atoms with Gasteiger partial charge in [0.05, 0.1) is 0 Å². The molecule has 0 saturated heterocycles. The van der Waals surface area contributed by atoms with E-state index in [4.69, 9.17) is 16.3 Å². The summed E-state index contributed by atoms with van der Waals surface area (Å²) < 4.78 is 5.76. The van der Waals surface area contributed by atoms with Gasteiger partial charge in [0, 0.05) is 10.6 Å². The monoisotopic (exact) mass is 407 g/mol. The number of nitrogens with one attached hydrogen (secondary N) is 1. The minimum atomic E-state index is -1.24. The fraction of sp³-hybridized carbons (Fsp3) is 0.0435. The molecule has 146 valence electrons. The maximum absolute atomic E-state index is 12.3. The van der Waals surface area contributed by atoms with Gasteiger partial charge in [0.2, 0.25) is 0 Å². The van der Waals surface area contributed by atoms with Crippen molar-refractivity contribution in [1.29, 1.82) is 0 Å². The summed E-state index contributed by atoms with van der Waals surface area (Å²) in [6.45, 7) is 0.324. The van der Waals surface area contributed by atoms with Crippen LogP contribution in [0.25, 0.3) is 6.08 Å². The van der Waals surface area contributed by atoms with Gasteiger partial charge >= 0.3 is 5.97 Å². The van der Waals surface area contributed by atoms with Crippen LogP contribution in [0, 0.1) is 0 Å². The number of aliphatic carboxylic acids is 1. The van der Waals surface area contributed by atoms with E-state index >= 15 is 0 Å². The van der Waals surface area contributed by atoms with Crippen LogP contribution >= 0.6 is 11.6 Å². The molecule has 0 atom stereocenters. The first kappa shape index (κ1) is 20.2. The van der Waals surface area contributed by atoms with E-state index in [2.05, 4.69) is 5.32 Å². The van der Waals surface area contributed by atoms with E-state index in [0.29, 0.717) is 28.5 Å². The quantitative estimate of drug-likeness (QED) is 0.553. The van der Waals surface area contributed by atoms with Gasteiger partial charge in [-0.1, -0.05) is 54.1 Å². The molecule has 0 aliphatic carbocycles. The van der Waals surface area contributed by atoms with E-state index in [1.54, 1.807) is 60.7 Å². The van der Waals surface area contributed by atoms with Crippen LogP contribution in [0.2, 0.25) is 5.02 Å². The number of halogens is 1. The van der Waals surface area contributed by atoms with Gasteiger partial charge in [0.25, 0.3) is 5.91 Å². The molecule has 0 bridgehead atoms. The molecule has 0 aliphatic rings. The van der Waals surface area contributed by atoms with Gasteiger partial charge in [-0.05, 0) is 53.6 Å². The number of carbonyl (C=O) groups excluding carboxylic acids is 1. The lowest BCUT2D eigenvalue weighted by Crippen LogP contribution is -2.27. The Morgan fingerprint density at radius 2 is 1.72 bits per heavy atom. The van der Waals surface area contributed by atoms with Gasteiger partial charge in [0.15, 0.2) is 0 Å². The number of carboxylic acid groups (broad SMARTS) is 1. The third-order valence-corrected chi connectivity index (χ3v) is 4.21. The van der Waals surface area contributed by atoms with Crippen molar-refractivity contribution in [3.63, 3.8) is 0 Å². The van der Waals surface area contributed by atoms with Crippen molar-refractivity contribution in [2.75, 3.05) is 0 Å². The molecule has 2 N–H and O–H groups in total. The number of hydrogen-bond acceptors (Lipinski definition) is 3. The lowest BCUT2D eigenvalue weighted by molar-refractivity contribution is -0.132. The van der Waals surface area contributed by atoms with Crippen molar-refractivity contribution in [2.45, 2.75) is 6.61 Å². The molecule has 0 saturated carbocycles. The Kier molecular flexibility index (Phi) is 6.66. The Labute approximate surface area is 173 Å². The van der Waals surface area contributed by atoms with E-state index in [1.807, 2.05) is 18.2 Å². The van der Waals surface area contributed by atoms with Crippen LogP contribution in [-0.4, -0.2) is 17.0 Å². The molecular formula is C23H18ClNO4. The largest absolute Gasteiger partial charge is 0.489 e. The first-order chi connectivity index (χ1) is 14.0. The second kappa shape index (κ2) is 9.57. The summed E-state index contributed by atoms with van der Waals surface area (Å²) in [4.78, 5) is 23.8. The third-order valence-electron chi connectivity index (χ3n) is 3.98. The molecule has 3 rings (SSSR count). The predicted octanol–water partition coefficient (Wildman–Crippen LogP) is 4.77. The standard InChI is InChI=1S/C23H18ClNO4/c24-19-10-4-7-17(12-19)15-29-20-11-5-6-16(13-20)14-21(23(27)28)25-22(26)18-8-2-1-3-9-18/h1-14H,15H2,(H,25,26)(H,27,28). The number of benzene rings is 3. The fourth-order valence-corrected chi connectivity index (χ4v) is 2.80. The highest BCUT2D eigenvalue weighted by atomic mass is 35.5. The Hall–Kier alpha value is -3.57. The van der Waals surface area contributed by atoms with Crippen LogP contribution in [0.1, 0.15) is 21.5 Å². The molecule has 6 heteroatoms. The Morgan fingerprint density at radius 3 is 2.45 bits per heavy atom. The summed E-state index contributed by atoms with van der Waals surface area (Å²) in [6, 6.07) is 22.7. The molecule has 5 nitrogen and oxygen atoms in total. The molecule has 0 radical (unpaired) electrons. The maximum atomic E-state index is 12.3. The van der Waals surface area contributed by atoms with E-state index in [-0.39, 0.29) is 5.70 Å². The molecule has 3 aromatic carbocycles. The molecule has 29 heavy (non-hydrogen) atoms. The molecule has 0 aliphatic heterocycles.